The van der Waals surface area contributed by atoms with Crippen LogP contribution in [0.4, 0.5) is 0 Å². The van der Waals surface area contributed by atoms with Gasteiger partial charge in [0.15, 0.2) is 5.78 Å². The number of ketones is 1. The van der Waals surface area contributed by atoms with Crippen molar-refractivity contribution < 1.29 is 34.4 Å². The first-order chi connectivity index (χ1) is 10.9. The lowest BCUT2D eigenvalue weighted by atomic mass is 9.79. The van der Waals surface area contributed by atoms with Gasteiger partial charge in [0.1, 0.15) is 17.4 Å². The lowest BCUT2D eigenvalue weighted by Crippen LogP contribution is -2.43. The Kier molecular flexibility index (Phi) is 3.56. The smallest absolute Gasteiger partial charge is 0.321 e. The van der Waals surface area contributed by atoms with Crippen LogP contribution in [0.3, 0.4) is 0 Å². The second-order valence-electron chi connectivity index (χ2n) is 5.23. The number of hydrogen-bond donors (Lipinski definition) is 3. The molecule has 0 bridgehead atoms. The van der Waals surface area contributed by atoms with Crippen LogP contribution in [-0.4, -0.2) is 34.2 Å². The first-order valence-corrected chi connectivity index (χ1v) is 6.81. The fraction of sp³-hybridized carbons (Fsp3) is 0.250. The predicted molar refractivity (Wildman–Crippen MR) is 75.8 cm³/mol. The highest BCUT2D eigenvalue weighted by atomic mass is 16.5. The number of hydrogen-bond acceptors (Lipinski definition) is 7. The van der Waals surface area contributed by atoms with Gasteiger partial charge >= 0.3 is 5.97 Å². The topological polar surface area (TPSA) is 113 Å². The van der Waals surface area contributed by atoms with E-state index in [0.29, 0.717) is 5.56 Å². The van der Waals surface area contributed by atoms with Gasteiger partial charge in [-0.3, -0.25) is 9.59 Å². The van der Waals surface area contributed by atoms with E-state index in [9.17, 15) is 24.9 Å². The minimum Gasteiger partial charge on any atom is -0.468 e. The van der Waals surface area contributed by atoms with Gasteiger partial charge in [0.25, 0.3) is 0 Å². The highest BCUT2D eigenvalue weighted by molar-refractivity contribution is 6.09. The van der Waals surface area contributed by atoms with Gasteiger partial charge in [-0.1, -0.05) is 6.07 Å². The third-order valence-corrected chi connectivity index (χ3v) is 3.87. The monoisotopic (exact) mass is 318 g/mol. The summed E-state index contributed by atoms with van der Waals surface area (Å²) in [7, 11) is 1.11. The highest BCUT2D eigenvalue weighted by Crippen LogP contribution is 2.46. The summed E-state index contributed by atoms with van der Waals surface area (Å²) in [6.07, 6.45) is 2.39. The molecule has 23 heavy (non-hydrogen) atoms. The van der Waals surface area contributed by atoms with Gasteiger partial charge < -0.3 is 24.8 Å². The molecule has 0 amide bonds. The fourth-order valence-corrected chi connectivity index (χ4v) is 2.74. The zero-order valence-corrected chi connectivity index (χ0v) is 12.1. The molecule has 1 atom stereocenters. The van der Waals surface area contributed by atoms with Gasteiger partial charge in [-0.15, -0.1) is 0 Å². The first kappa shape index (κ1) is 15.4. The highest BCUT2D eigenvalue weighted by Gasteiger charge is 2.50. The van der Waals surface area contributed by atoms with Crippen molar-refractivity contribution in [2.24, 2.45) is 5.92 Å². The molecule has 1 aromatic carbocycles. The summed E-state index contributed by atoms with van der Waals surface area (Å²) in [5.74, 6) is -5.47. The van der Waals surface area contributed by atoms with Crippen molar-refractivity contribution in [1.29, 1.82) is 0 Å². The molecule has 1 aliphatic carbocycles. The molecule has 1 unspecified atom stereocenters. The molecule has 0 radical (unpaired) electrons. The standard InChI is InChI=1S/C16H14O7/c1-22-15(19)13-10(18)4-5-11-14(13)16(20,21)9-3-2-8(7-17)6-12(9)23-11/h2-6,13,17,20-21H,7H2,1H3. The molecule has 0 spiro atoms. The summed E-state index contributed by atoms with van der Waals surface area (Å²) in [5, 5.41) is 30.3. The van der Waals surface area contributed by atoms with Crippen LogP contribution in [0.2, 0.25) is 0 Å². The van der Waals surface area contributed by atoms with E-state index in [1.165, 1.54) is 24.3 Å². The van der Waals surface area contributed by atoms with Gasteiger partial charge in [0.05, 0.1) is 24.9 Å². The van der Waals surface area contributed by atoms with Crippen LogP contribution in [0.15, 0.2) is 41.7 Å². The molecule has 0 saturated heterocycles. The van der Waals surface area contributed by atoms with Crippen molar-refractivity contribution in [1.82, 2.24) is 0 Å². The lowest BCUT2D eigenvalue weighted by molar-refractivity contribution is -0.164. The van der Waals surface area contributed by atoms with Crippen LogP contribution in [0.5, 0.6) is 5.75 Å². The molecule has 120 valence electrons. The quantitative estimate of drug-likeness (QED) is 0.396. The maximum absolute atomic E-state index is 12.0. The minimum absolute atomic E-state index is 0.00686. The molecule has 1 heterocycles. The van der Waals surface area contributed by atoms with E-state index >= 15 is 0 Å². The van der Waals surface area contributed by atoms with E-state index in [0.717, 1.165) is 13.2 Å². The average Bonchev–Trinajstić information content (AvgIpc) is 2.54. The van der Waals surface area contributed by atoms with Crippen molar-refractivity contribution >= 4 is 11.8 Å². The number of aliphatic hydroxyl groups excluding tert-OH is 1. The Morgan fingerprint density at radius 3 is 2.74 bits per heavy atom. The molecular weight excluding hydrogens is 304 g/mol. The maximum atomic E-state index is 12.0. The van der Waals surface area contributed by atoms with Gasteiger partial charge in [0.2, 0.25) is 5.79 Å². The number of rotatable bonds is 2. The summed E-state index contributed by atoms with van der Waals surface area (Å²) in [6, 6.07) is 4.31. The number of esters is 1. The number of benzene rings is 1. The molecule has 2 aliphatic rings. The Morgan fingerprint density at radius 2 is 2.09 bits per heavy atom. The number of allylic oxidation sites excluding steroid dienone is 2. The number of aliphatic hydroxyl groups is 3. The molecule has 1 aliphatic heterocycles. The van der Waals surface area contributed by atoms with Crippen LogP contribution in [0, 0.1) is 5.92 Å². The maximum Gasteiger partial charge on any atom is 0.321 e. The van der Waals surface area contributed by atoms with Crippen LogP contribution in [0.25, 0.3) is 0 Å². The van der Waals surface area contributed by atoms with Crippen molar-refractivity contribution in [2.75, 3.05) is 7.11 Å². The summed E-state index contributed by atoms with van der Waals surface area (Å²) >= 11 is 0. The van der Waals surface area contributed by atoms with E-state index in [4.69, 9.17) is 4.74 Å². The van der Waals surface area contributed by atoms with Gasteiger partial charge in [-0.2, -0.15) is 0 Å². The zero-order chi connectivity index (χ0) is 16.8. The van der Waals surface area contributed by atoms with Gasteiger partial charge in [-0.05, 0) is 29.8 Å². The number of fused-ring (bicyclic) bond motifs is 1. The Morgan fingerprint density at radius 1 is 1.35 bits per heavy atom. The fourth-order valence-electron chi connectivity index (χ4n) is 2.74. The molecule has 7 nitrogen and oxygen atoms in total. The molecular formula is C16H14O7. The Balaban J connectivity index is 2.18. The molecule has 3 N–H and O–H groups in total. The second kappa shape index (κ2) is 5.31. The van der Waals surface area contributed by atoms with E-state index in [-0.39, 0.29) is 29.3 Å². The van der Waals surface area contributed by atoms with Crippen LogP contribution in [-0.2, 0) is 26.7 Å². The SMILES string of the molecule is COC(=O)C1C(=O)C=CC2=C1C(O)(O)c1ccc(CO)cc1O2. The molecule has 1 aromatic rings. The van der Waals surface area contributed by atoms with Crippen molar-refractivity contribution in [3.05, 3.63) is 52.8 Å². The second-order valence-corrected chi connectivity index (χ2v) is 5.23. The molecule has 0 aromatic heterocycles. The van der Waals surface area contributed by atoms with Crippen molar-refractivity contribution in [3.63, 3.8) is 0 Å². The Bertz CT molecular complexity index is 758. The normalized spacial score (nSPS) is 21.4. The van der Waals surface area contributed by atoms with E-state index in [2.05, 4.69) is 4.74 Å². The average molecular weight is 318 g/mol. The van der Waals surface area contributed by atoms with E-state index in [1.54, 1.807) is 0 Å². The third kappa shape index (κ3) is 2.26. The number of methoxy groups -OCH3 is 1. The summed E-state index contributed by atoms with van der Waals surface area (Å²) < 4.78 is 10.2. The molecule has 0 fully saturated rings. The lowest BCUT2D eigenvalue weighted by Gasteiger charge is -2.36. The van der Waals surface area contributed by atoms with Crippen LogP contribution >= 0.6 is 0 Å². The summed E-state index contributed by atoms with van der Waals surface area (Å²) in [6.45, 7) is -0.245. The number of ether oxygens (including phenoxy) is 2. The number of carbonyl (C=O) groups is 2. The summed E-state index contributed by atoms with van der Waals surface area (Å²) in [5.41, 5.74) is 0.218. The number of carbonyl (C=O) groups excluding carboxylic acids is 2. The van der Waals surface area contributed by atoms with Gasteiger partial charge in [0, 0.05) is 0 Å². The largest absolute Gasteiger partial charge is 0.468 e. The Hall–Kier alpha value is -2.48. The van der Waals surface area contributed by atoms with E-state index in [1.807, 2.05) is 0 Å². The zero-order valence-electron chi connectivity index (χ0n) is 12.1. The predicted octanol–water partition coefficient (Wildman–Crippen LogP) is -0.109. The third-order valence-electron chi connectivity index (χ3n) is 3.87. The molecule has 7 heteroatoms. The minimum atomic E-state index is -2.57. The van der Waals surface area contributed by atoms with E-state index < -0.39 is 23.5 Å². The Labute approximate surface area is 131 Å². The van der Waals surface area contributed by atoms with Crippen molar-refractivity contribution in [3.8, 4) is 5.75 Å². The molecule has 0 saturated carbocycles. The van der Waals surface area contributed by atoms with Crippen molar-refractivity contribution in [2.45, 2.75) is 12.4 Å². The molecule has 3 rings (SSSR count). The van der Waals surface area contributed by atoms with Crippen LogP contribution < -0.4 is 4.74 Å². The van der Waals surface area contributed by atoms with Crippen LogP contribution in [0.1, 0.15) is 11.1 Å². The summed E-state index contributed by atoms with van der Waals surface area (Å²) in [4.78, 5) is 23.9. The van der Waals surface area contributed by atoms with Gasteiger partial charge in [-0.25, -0.2) is 0 Å². The first-order valence-electron chi connectivity index (χ1n) is 6.81.